The summed E-state index contributed by atoms with van der Waals surface area (Å²) in [4.78, 5) is 37.1. The van der Waals surface area contributed by atoms with E-state index in [2.05, 4.69) is 20.5 Å². The average Bonchev–Trinajstić information content (AvgIpc) is 2.48. The van der Waals surface area contributed by atoms with Crippen molar-refractivity contribution >= 4 is 23.8 Å². The lowest BCUT2D eigenvalue weighted by Crippen LogP contribution is -2.16. The van der Waals surface area contributed by atoms with Crippen LogP contribution in [-0.2, 0) is 4.79 Å². The highest BCUT2D eigenvalue weighted by Gasteiger charge is 2.07. The molecule has 21 heavy (non-hydrogen) atoms. The SMILES string of the molecule is O=C(O)/C=C/c1cncc(C(=O)Nc2ccc(=O)[nH]n2)c1. The Morgan fingerprint density at radius 1 is 1.29 bits per heavy atom. The number of rotatable bonds is 4. The van der Waals surface area contributed by atoms with Crippen LogP contribution >= 0.6 is 0 Å². The number of aromatic amines is 1. The largest absolute Gasteiger partial charge is 0.478 e. The number of nitrogens with one attached hydrogen (secondary N) is 2. The fourth-order valence-corrected chi connectivity index (χ4v) is 1.44. The van der Waals surface area contributed by atoms with Gasteiger partial charge in [0.05, 0.1) is 5.56 Å². The lowest BCUT2D eigenvalue weighted by atomic mass is 10.2. The molecule has 1 amide bonds. The molecule has 106 valence electrons. The lowest BCUT2D eigenvalue weighted by molar-refractivity contribution is -0.131. The molecule has 2 rings (SSSR count). The van der Waals surface area contributed by atoms with Crippen molar-refractivity contribution in [3.63, 3.8) is 0 Å². The smallest absolute Gasteiger partial charge is 0.328 e. The Hall–Kier alpha value is -3.29. The number of carbonyl (C=O) groups excluding carboxylic acids is 1. The maximum atomic E-state index is 12.0. The van der Waals surface area contributed by atoms with Gasteiger partial charge in [-0.3, -0.25) is 14.6 Å². The summed E-state index contributed by atoms with van der Waals surface area (Å²) in [5, 5.41) is 16.9. The minimum atomic E-state index is -1.10. The van der Waals surface area contributed by atoms with Crippen LogP contribution in [-0.4, -0.2) is 32.2 Å². The first-order chi connectivity index (χ1) is 10.0. The highest BCUT2D eigenvalue weighted by molar-refractivity contribution is 6.03. The monoisotopic (exact) mass is 286 g/mol. The van der Waals surface area contributed by atoms with E-state index < -0.39 is 11.9 Å². The molecule has 0 saturated heterocycles. The van der Waals surface area contributed by atoms with Crippen molar-refractivity contribution in [2.45, 2.75) is 0 Å². The van der Waals surface area contributed by atoms with Gasteiger partial charge in [-0.25, -0.2) is 9.89 Å². The predicted molar refractivity (Wildman–Crippen MR) is 73.7 cm³/mol. The number of hydrogen-bond acceptors (Lipinski definition) is 5. The molecular weight excluding hydrogens is 276 g/mol. The fraction of sp³-hybridized carbons (Fsp3) is 0. The van der Waals surface area contributed by atoms with Gasteiger partial charge in [-0.05, 0) is 23.8 Å². The molecular formula is C13H10N4O4. The molecule has 3 N–H and O–H groups in total. The van der Waals surface area contributed by atoms with Crippen LogP contribution in [0, 0.1) is 0 Å². The van der Waals surface area contributed by atoms with E-state index in [1.165, 1.54) is 36.7 Å². The third-order valence-electron chi connectivity index (χ3n) is 2.36. The number of H-pyrrole nitrogens is 1. The zero-order valence-electron chi connectivity index (χ0n) is 10.6. The van der Waals surface area contributed by atoms with Gasteiger partial charge in [-0.15, -0.1) is 0 Å². The number of amides is 1. The van der Waals surface area contributed by atoms with Crippen molar-refractivity contribution in [2.24, 2.45) is 0 Å². The summed E-state index contributed by atoms with van der Waals surface area (Å²) in [6, 6.07) is 4.07. The van der Waals surface area contributed by atoms with E-state index in [-0.39, 0.29) is 16.9 Å². The van der Waals surface area contributed by atoms with Gasteiger partial charge >= 0.3 is 5.97 Å². The van der Waals surface area contributed by atoms with Crippen LogP contribution in [0.15, 0.2) is 41.5 Å². The van der Waals surface area contributed by atoms with E-state index >= 15 is 0 Å². The molecule has 0 saturated carbocycles. The first kappa shape index (κ1) is 14.1. The molecule has 0 spiro atoms. The fourth-order valence-electron chi connectivity index (χ4n) is 1.44. The summed E-state index contributed by atoms with van der Waals surface area (Å²) >= 11 is 0. The van der Waals surface area contributed by atoms with Crippen molar-refractivity contribution < 1.29 is 14.7 Å². The van der Waals surface area contributed by atoms with E-state index in [1.807, 2.05) is 0 Å². The van der Waals surface area contributed by atoms with Crippen molar-refractivity contribution in [1.29, 1.82) is 0 Å². The maximum Gasteiger partial charge on any atom is 0.328 e. The van der Waals surface area contributed by atoms with Gasteiger partial charge in [0, 0.05) is 24.5 Å². The van der Waals surface area contributed by atoms with Crippen molar-refractivity contribution in [1.82, 2.24) is 15.2 Å². The van der Waals surface area contributed by atoms with Crippen molar-refractivity contribution in [2.75, 3.05) is 5.32 Å². The molecule has 0 aliphatic rings. The van der Waals surface area contributed by atoms with Gasteiger partial charge in [0.15, 0.2) is 5.82 Å². The van der Waals surface area contributed by atoms with Gasteiger partial charge in [0.25, 0.3) is 11.5 Å². The summed E-state index contributed by atoms with van der Waals surface area (Å²) in [6.07, 6.45) is 5.03. The Balaban J connectivity index is 2.15. The maximum absolute atomic E-state index is 12.0. The summed E-state index contributed by atoms with van der Waals surface area (Å²) in [5.41, 5.74) is 0.325. The summed E-state index contributed by atoms with van der Waals surface area (Å²) < 4.78 is 0. The van der Waals surface area contributed by atoms with Gasteiger partial charge in [-0.2, -0.15) is 5.10 Å². The first-order valence-electron chi connectivity index (χ1n) is 5.78. The molecule has 0 unspecified atom stereocenters. The zero-order valence-corrected chi connectivity index (χ0v) is 10.6. The standard InChI is InChI=1S/C13H10N4O4/c18-11-3-2-10(16-17-11)15-13(21)9-5-8(6-14-7-9)1-4-12(19)20/h1-7H,(H,17,18)(H,19,20)(H,15,16,21)/b4-1+. The molecule has 0 bridgehead atoms. The second-order valence-electron chi connectivity index (χ2n) is 3.94. The molecule has 0 aromatic carbocycles. The van der Waals surface area contributed by atoms with Crippen LogP contribution in [0.3, 0.4) is 0 Å². The molecule has 0 aliphatic heterocycles. The molecule has 8 nitrogen and oxygen atoms in total. The number of anilines is 1. The Labute approximate surface area is 118 Å². The lowest BCUT2D eigenvalue weighted by Gasteiger charge is -2.03. The molecule has 0 aliphatic carbocycles. The number of carbonyl (C=O) groups is 2. The quantitative estimate of drug-likeness (QED) is 0.703. The normalized spacial score (nSPS) is 10.5. The second kappa shape index (κ2) is 6.24. The first-order valence-corrected chi connectivity index (χ1v) is 5.78. The summed E-state index contributed by atoms with van der Waals surface area (Å²) in [5.74, 6) is -1.39. The molecule has 0 atom stereocenters. The molecule has 0 radical (unpaired) electrons. The van der Waals surface area contributed by atoms with Crippen molar-refractivity contribution in [3.8, 4) is 0 Å². The highest BCUT2D eigenvalue weighted by atomic mass is 16.4. The molecule has 2 heterocycles. The minimum Gasteiger partial charge on any atom is -0.478 e. The van der Waals surface area contributed by atoms with E-state index in [0.717, 1.165) is 6.08 Å². The topological polar surface area (TPSA) is 125 Å². The minimum absolute atomic E-state index is 0.186. The van der Waals surface area contributed by atoms with Gasteiger partial charge in [0.1, 0.15) is 0 Å². The van der Waals surface area contributed by atoms with Gasteiger partial charge in [-0.1, -0.05) is 0 Å². The Kier molecular flexibility index (Phi) is 4.20. The van der Waals surface area contributed by atoms with E-state index in [4.69, 9.17) is 5.11 Å². The number of nitrogens with zero attached hydrogens (tertiary/aromatic N) is 2. The van der Waals surface area contributed by atoms with Gasteiger partial charge in [0.2, 0.25) is 0 Å². The van der Waals surface area contributed by atoms with Crippen LogP contribution in [0.5, 0.6) is 0 Å². The summed E-state index contributed by atoms with van der Waals surface area (Å²) in [6.45, 7) is 0. The number of aliphatic carboxylic acids is 1. The highest BCUT2D eigenvalue weighted by Crippen LogP contribution is 2.07. The van der Waals surface area contributed by atoms with Crippen LogP contribution in [0.2, 0.25) is 0 Å². The second-order valence-corrected chi connectivity index (χ2v) is 3.94. The molecule has 0 fully saturated rings. The third-order valence-corrected chi connectivity index (χ3v) is 2.36. The zero-order chi connectivity index (χ0) is 15.2. The molecule has 2 aromatic heterocycles. The third kappa shape index (κ3) is 4.10. The number of carboxylic acids is 1. The Bertz CT molecular complexity index is 746. The number of hydrogen-bond donors (Lipinski definition) is 3. The number of pyridine rings is 1. The van der Waals surface area contributed by atoms with Crippen LogP contribution in [0.25, 0.3) is 6.08 Å². The Morgan fingerprint density at radius 2 is 2.10 bits per heavy atom. The van der Waals surface area contributed by atoms with Crippen LogP contribution in [0.4, 0.5) is 5.82 Å². The number of carboxylic acid groups (broad SMARTS) is 1. The van der Waals surface area contributed by atoms with Crippen LogP contribution in [0.1, 0.15) is 15.9 Å². The van der Waals surface area contributed by atoms with E-state index in [9.17, 15) is 14.4 Å². The van der Waals surface area contributed by atoms with E-state index in [1.54, 1.807) is 0 Å². The predicted octanol–water partition coefficient (Wildman–Crippen LogP) is 0.515. The van der Waals surface area contributed by atoms with Gasteiger partial charge < -0.3 is 10.4 Å². The Morgan fingerprint density at radius 3 is 2.76 bits per heavy atom. The number of aromatic nitrogens is 3. The van der Waals surface area contributed by atoms with Crippen LogP contribution < -0.4 is 10.9 Å². The summed E-state index contributed by atoms with van der Waals surface area (Å²) in [7, 11) is 0. The van der Waals surface area contributed by atoms with E-state index in [0.29, 0.717) is 5.56 Å². The van der Waals surface area contributed by atoms with Crippen molar-refractivity contribution in [3.05, 3.63) is 58.1 Å². The average molecular weight is 286 g/mol. The molecule has 8 heteroatoms. The molecule has 2 aromatic rings.